The Morgan fingerprint density at radius 2 is 1.79 bits per heavy atom. The standard InChI is InChI=1S/C13H14O6/c1-4-10(14)13(16)19-12(15)9-7-8(17-2)5-6-11(9)18-3/h5-7H,4H2,1-3H3. The van der Waals surface area contributed by atoms with Crippen molar-refractivity contribution in [2.75, 3.05) is 14.2 Å². The Labute approximate surface area is 110 Å². The highest BCUT2D eigenvalue weighted by Gasteiger charge is 2.22. The number of ketones is 1. The Morgan fingerprint density at radius 1 is 1.11 bits per heavy atom. The fourth-order valence-electron chi connectivity index (χ4n) is 1.31. The molecule has 1 aromatic rings. The van der Waals surface area contributed by atoms with Crippen LogP contribution in [0.3, 0.4) is 0 Å². The van der Waals surface area contributed by atoms with Crippen LogP contribution in [-0.2, 0) is 14.3 Å². The SMILES string of the molecule is CCC(=O)C(=O)OC(=O)c1cc(OC)ccc1OC. The van der Waals surface area contributed by atoms with E-state index in [2.05, 4.69) is 4.74 Å². The molecule has 0 amide bonds. The summed E-state index contributed by atoms with van der Waals surface area (Å²) < 4.78 is 14.4. The molecule has 0 saturated heterocycles. The summed E-state index contributed by atoms with van der Waals surface area (Å²) in [5.41, 5.74) is 0.0131. The zero-order valence-electron chi connectivity index (χ0n) is 10.9. The van der Waals surface area contributed by atoms with Gasteiger partial charge in [0.15, 0.2) is 0 Å². The fraction of sp³-hybridized carbons (Fsp3) is 0.308. The molecule has 0 unspecified atom stereocenters. The first-order chi connectivity index (χ1) is 9.03. The molecule has 19 heavy (non-hydrogen) atoms. The first kappa shape index (κ1) is 14.7. The maximum Gasteiger partial charge on any atom is 0.382 e. The van der Waals surface area contributed by atoms with Gasteiger partial charge in [-0.05, 0) is 18.2 Å². The molecule has 0 fully saturated rings. The number of hydrogen-bond donors (Lipinski definition) is 0. The number of benzene rings is 1. The van der Waals surface area contributed by atoms with E-state index in [0.29, 0.717) is 5.75 Å². The van der Waals surface area contributed by atoms with Crippen molar-refractivity contribution in [2.45, 2.75) is 13.3 Å². The molecule has 102 valence electrons. The second-order valence-corrected chi connectivity index (χ2v) is 3.52. The molecular weight excluding hydrogens is 252 g/mol. The summed E-state index contributed by atoms with van der Waals surface area (Å²) in [5.74, 6) is -2.28. The van der Waals surface area contributed by atoms with Gasteiger partial charge < -0.3 is 14.2 Å². The van der Waals surface area contributed by atoms with E-state index < -0.39 is 17.7 Å². The average molecular weight is 266 g/mol. The van der Waals surface area contributed by atoms with Gasteiger partial charge in [-0.25, -0.2) is 9.59 Å². The van der Waals surface area contributed by atoms with E-state index in [4.69, 9.17) is 9.47 Å². The monoisotopic (exact) mass is 266 g/mol. The van der Waals surface area contributed by atoms with Crippen molar-refractivity contribution in [3.63, 3.8) is 0 Å². The van der Waals surface area contributed by atoms with Crippen LogP contribution >= 0.6 is 0 Å². The Bertz CT molecular complexity index is 506. The third-order valence-electron chi connectivity index (χ3n) is 2.36. The maximum atomic E-state index is 11.8. The number of carbonyl (C=O) groups excluding carboxylic acids is 3. The molecule has 1 aromatic carbocycles. The van der Waals surface area contributed by atoms with Crippen molar-refractivity contribution in [1.82, 2.24) is 0 Å². The van der Waals surface area contributed by atoms with Gasteiger partial charge in [0.25, 0.3) is 0 Å². The van der Waals surface area contributed by atoms with Crippen LogP contribution in [0.2, 0.25) is 0 Å². The van der Waals surface area contributed by atoms with Gasteiger partial charge in [0.1, 0.15) is 17.1 Å². The molecular formula is C13H14O6. The lowest BCUT2D eigenvalue weighted by molar-refractivity contribution is -0.149. The molecule has 6 heteroatoms. The zero-order chi connectivity index (χ0) is 14.4. The number of hydrogen-bond acceptors (Lipinski definition) is 6. The largest absolute Gasteiger partial charge is 0.497 e. The van der Waals surface area contributed by atoms with Gasteiger partial charge in [0.2, 0.25) is 5.78 Å². The highest BCUT2D eigenvalue weighted by atomic mass is 16.6. The fourth-order valence-corrected chi connectivity index (χ4v) is 1.31. The topological polar surface area (TPSA) is 78.9 Å². The first-order valence-corrected chi connectivity index (χ1v) is 5.54. The van der Waals surface area contributed by atoms with E-state index in [0.717, 1.165) is 0 Å². The van der Waals surface area contributed by atoms with Crippen LogP contribution in [0.4, 0.5) is 0 Å². The molecule has 0 bridgehead atoms. The minimum absolute atomic E-state index is 0.0131. The number of carbonyl (C=O) groups is 3. The lowest BCUT2D eigenvalue weighted by Gasteiger charge is -2.09. The molecule has 0 N–H and O–H groups in total. The number of Topliss-reactive ketones (excluding diaryl/α,β-unsaturated/α-hetero) is 1. The molecule has 0 radical (unpaired) electrons. The van der Waals surface area contributed by atoms with Crippen molar-refractivity contribution in [1.29, 1.82) is 0 Å². The van der Waals surface area contributed by atoms with Crippen molar-refractivity contribution in [3.05, 3.63) is 23.8 Å². The predicted molar refractivity (Wildman–Crippen MR) is 65.3 cm³/mol. The Kier molecular flexibility index (Phi) is 5.05. The smallest absolute Gasteiger partial charge is 0.382 e. The van der Waals surface area contributed by atoms with Crippen LogP contribution in [0.1, 0.15) is 23.7 Å². The lowest BCUT2D eigenvalue weighted by atomic mass is 10.2. The molecule has 0 saturated carbocycles. The highest BCUT2D eigenvalue weighted by Crippen LogP contribution is 2.24. The average Bonchev–Trinajstić information content (AvgIpc) is 2.45. The van der Waals surface area contributed by atoms with Gasteiger partial charge in [-0.3, -0.25) is 4.79 Å². The van der Waals surface area contributed by atoms with Crippen LogP contribution in [-0.4, -0.2) is 31.9 Å². The van der Waals surface area contributed by atoms with E-state index in [-0.39, 0.29) is 17.7 Å². The van der Waals surface area contributed by atoms with Gasteiger partial charge in [-0.15, -0.1) is 0 Å². The molecule has 0 aromatic heterocycles. The lowest BCUT2D eigenvalue weighted by Crippen LogP contribution is -2.21. The van der Waals surface area contributed by atoms with E-state index >= 15 is 0 Å². The molecule has 0 heterocycles. The Morgan fingerprint density at radius 3 is 2.32 bits per heavy atom. The summed E-state index contributed by atoms with van der Waals surface area (Å²) in [7, 11) is 2.81. The number of methoxy groups -OCH3 is 2. The van der Waals surface area contributed by atoms with Crippen LogP contribution < -0.4 is 9.47 Å². The summed E-state index contributed by atoms with van der Waals surface area (Å²) in [6, 6.07) is 4.46. The van der Waals surface area contributed by atoms with E-state index in [9.17, 15) is 14.4 Å². The van der Waals surface area contributed by atoms with E-state index in [1.54, 1.807) is 6.07 Å². The Balaban J connectivity index is 2.98. The van der Waals surface area contributed by atoms with Crippen LogP contribution in [0.5, 0.6) is 11.5 Å². The second kappa shape index (κ2) is 6.53. The molecule has 0 aliphatic heterocycles. The summed E-state index contributed by atoms with van der Waals surface area (Å²) in [6.45, 7) is 1.50. The molecule has 0 atom stereocenters. The van der Waals surface area contributed by atoms with Gasteiger partial charge in [0, 0.05) is 6.42 Å². The predicted octanol–water partition coefficient (Wildman–Crippen LogP) is 1.37. The van der Waals surface area contributed by atoms with Gasteiger partial charge in [0.05, 0.1) is 14.2 Å². The summed E-state index contributed by atoms with van der Waals surface area (Å²) in [4.78, 5) is 34.1. The third-order valence-corrected chi connectivity index (χ3v) is 2.36. The summed E-state index contributed by atoms with van der Waals surface area (Å²) in [6.07, 6.45) is -0.0264. The van der Waals surface area contributed by atoms with E-state index in [1.807, 2.05) is 0 Å². The van der Waals surface area contributed by atoms with E-state index in [1.165, 1.54) is 33.3 Å². The number of ether oxygens (including phenoxy) is 3. The molecule has 6 nitrogen and oxygen atoms in total. The molecule has 0 spiro atoms. The maximum absolute atomic E-state index is 11.8. The minimum atomic E-state index is -1.18. The zero-order valence-corrected chi connectivity index (χ0v) is 10.9. The van der Waals surface area contributed by atoms with Crippen molar-refractivity contribution in [2.24, 2.45) is 0 Å². The normalized spacial score (nSPS) is 9.63. The summed E-state index contributed by atoms with van der Waals surface area (Å²) >= 11 is 0. The van der Waals surface area contributed by atoms with Crippen molar-refractivity contribution >= 4 is 17.7 Å². The first-order valence-electron chi connectivity index (χ1n) is 5.54. The quantitative estimate of drug-likeness (QED) is 0.455. The molecule has 0 aliphatic carbocycles. The number of rotatable bonds is 5. The van der Waals surface area contributed by atoms with Crippen molar-refractivity contribution < 1.29 is 28.6 Å². The Hall–Kier alpha value is -2.37. The number of esters is 2. The van der Waals surface area contributed by atoms with Crippen molar-refractivity contribution in [3.8, 4) is 11.5 Å². The highest BCUT2D eigenvalue weighted by molar-refractivity contribution is 6.35. The third kappa shape index (κ3) is 3.54. The van der Waals surface area contributed by atoms with Crippen LogP contribution in [0, 0.1) is 0 Å². The molecule has 0 aliphatic rings. The minimum Gasteiger partial charge on any atom is -0.497 e. The van der Waals surface area contributed by atoms with Crippen LogP contribution in [0.15, 0.2) is 18.2 Å². The molecule has 1 rings (SSSR count). The van der Waals surface area contributed by atoms with Gasteiger partial charge in [-0.1, -0.05) is 6.92 Å². The second-order valence-electron chi connectivity index (χ2n) is 3.52. The van der Waals surface area contributed by atoms with Gasteiger partial charge in [-0.2, -0.15) is 0 Å². The summed E-state index contributed by atoms with van der Waals surface area (Å²) in [5, 5.41) is 0. The van der Waals surface area contributed by atoms with Crippen LogP contribution in [0.25, 0.3) is 0 Å². The van der Waals surface area contributed by atoms with Gasteiger partial charge >= 0.3 is 11.9 Å².